The molecule has 0 aliphatic heterocycles. The highest BCUT2D eigenvalue weighted by Crippen LogP contribution is 2.32. The predicted octanol–water partition coefficient (Wildman–Crippen LogP) is 4.96. The molecular formula is C23H18N6S. The van der Waals surface area contributed by atoms with Gasteiger partial charge in [0.05, 0.1) is 10.6 Å². The van der Waals surface area contributed by atoms with Crippen molar-refractivity contribution in [2.24, 2.45) is 0 Å². The third-order valence-electron chi connectivity index (χ3n) is 4.90. The predicted molar refractivity (Wildman–Crippen MR) is 121 cm³/mol. The summed E-state index contributed by atoms with van der Waals surface area (Å²) in [6.45, 7) is 2.79. The molecule has 146 valence electrons. The molecule has 5 rings (SSSR count). The summed E-state index contributed by atoms with van der Waals surface area (Å²) < 4.78 is 2.11. The smallest absolute Gasteiger partial charge is 0.229 e. The Labute approximate surface area is 177 Å². The molecule has 5 aromatic rings. The molecule has 4 heterocycles. The van der Waals surface area contributed by atoms with Gasteiger partial charge in [-0.05, 0) is 36.8 Å². The van der Waals surface area contributed by atoms with Crippen LogP contribution in [0.25, 0.3) is 21.6 Å². The Hall–Kier alpha value is -3.89. The van der Waals surface area contributed by atoms with Crippen LogP contribution in [0.4, 0.5) is 11.6 Å². The van der Waals surface area contributed by atoms with Gasteiger partial charge in [0.25, 0.3) is 0 Å². The molecule has 0 unspecified atom stereocenters. The van der Waals surface area contributed by atoms with E-state index in [4.69, 9.17) is 11.4 Å². The Morgan fingerprint density at radius 3 is 2.80 bits per heavy atom. The Bertz CT molecular complexity index is 1370. The van der Waals surface area contributed by atoms with Gasteiger partial charge in [-0.3, -0.25) is 0 Å². The molecule has 0 atom stereocenters. The first-order valence-corrected chi connectivity index (χ1v) is 10.3. The third kappa shape index (κ3) is 3.45. The molecule has 0 saturated heterocycles. The van der Waals surface area contributed by atoms with Crippen LogP contribution in [-0.4, -0.2) is 24.5 Å². The normalized spacial score (nSPS) is 10.9. The number of aryl methyl sites for hydroxylation is 1. The number of hydrogen-bond acceptors (Lipinski definition) is 5. The average molecular weight is 411 g/mol. The van der Waals surface area contributed by atoms with Crippen LogP contribution in [0.15, 0.2) is 60.4 Å². The van der Waals surface area contributed by atoms with Gasteiger partial charge < -0.3 is 14.9 Å². The zero-order valence-corrected chi connectivity index (χ0v) is 17.1. The van der Waals surface area contributed by atoms with E-state index in [0.29, 0.717) is 5.95 Å². The largest absolute Gasteiger partial charge is 0.346 e. The number of benzene rings is 1. The fourth-order valence-electron chi connectivity index (χ4n) is 3.31. The maximum atomic E-state index is 5.53. The van der Waals surface area contributed by atoms with Crippen LogP contribution in [-0.2, 0) is 6.54 Å². The zero-order valence-electron chi connectivity index (χ0n) is 16.3. The number of H-pyrrole nitrogens is 1. The summed E-state index contributed by atoms with van der Waals surface area (Å²) in [6.07, 6.45) is 11.2. The number of terminal acetylenes is 1. The minimum absolute atomic E-state index is 0.536. The van der Waals surface area contributed by atoms with Gasteiger partial charge in [0.1, 0.15) is 11.5 Å². The van der Waals surface area contributed by atoms with E-state index in [1.54, 1.807) is 11.3 Å². The molecule has 0 aliphatic carbocycles. The Kier molecular flexibility index (Phi) is 4.54. The highest BCUT2D eigenvalue weighted by molar-refractivity contribution is 7.13. The van der Waals surface area contributed by atoms with Crippen LogP contribution in [0.2, 0.25) is 0 Å². The number of aromatic amines is 1. The highest BCUT2D eigenvalue weighted by Gasteiger charge is 2.13. The van der Waals surface area contributed by atoms with E-state index in [2.05, 4.69) is 42.9 Å². The number of imidazole rings is 1. The molecule has 0 saturated carbocycles. The summed E-state index contributed by atoms with van der Waals surface area (Å²) in [6, 6.07) is 12.2. The standard InChI is InChI=1S/C23H18N6S/c1-3-16-12-20(30-14-16)21-19-8-9-25-22(19)28-23(27-21)26-18-6-4-17(5-7-18)13-29-11-10-24-15(29)2/h1,4-12,14H,13H2,2H3,(H2,25,26,27,28). The van der Waals surface area contributed by atoms with Crippen LogP contribution in [0.5, 0.6) is 0 Å². The Morgan fingerprint density at radius 1 is 1.20 bits per heavy atom. The maximum absolute atomic E-state index is 5.53. The second kappa shape index (κ2) is 7.50. The van der Waals surface area contributed by atoms with Crippen LogP contribution < -0.4 is 5.32 Å². The fourth-order valence-corrected chi connectivity index (χ4v) is 4.16. The number of fused-ring (bicyclic) bond motifs is 1. The van der Waals surface area contributed by atoms with E-state index in [9.17, 15) is 0 Å². The van der Waals surface area contributed by atoms with Crippen molar-refractivity contribution < 1.29 is 0 Å². The van der Waals surface area contributed by atoms with Crippen molar-refractivity contribution in [3.63, 3.8) is 0 Å². The van der Waals surface area contributed by atoms with Gasteiger partial charge in [-0.2, -0.15) is 4.98 Å². The summed E-state index contributed by atoms with van der Waals surface area (Å²) in [5.74, 6) is 4.21. The number of anilines is 2. The van der Waals surface area contributed by atoms with E-state index in [1.165, 1.54) is 5.56 Å². The van der Waals surface area contributed by atoms with Gasteiger partial charge in [-0.1, -0.05) is 18.1 Å². The minimum Gasteiger partial charge on any atom is -0.346 e. The van der Waals surface area contributed by atoms with E-state index < -0.39 is 0 Å². The molecule has 6 nitrogen and oxygen atoms in total. The summed E-state index contributed by atoms with van der Waals surface area (Å²) in [4.78, 5) is 17.8. The monoisotopic (exact) mass is 410 g/mol. The quantitative estimate of drug-likeness (QED) is 0.402. The average Bonchev–Trinajstić information content (AvgIpc) is 3.50. The van der Waals surface area contributed by atoms with Gasteiger partial charge in [0.2, 0.25) is 5.95 Å². The number of aromatic nitrogens is 5. The summed E-state index contributed by atoms with van der Waals surface area (Å²) >= 11 is 1.58. The van der Waals surface area contributed by atoms with Crippen LogP contribution in [0.1, 0.15) is 17.0 Å². The molecule has 0 amide bonds. The second-order valence-electron chi connectivity index (χ2n) is 6.90. The number of nitrogens with one attached hydrogen (secondary N) is 2. The molecule has 2 N–H and O–H groups in total. The molecule has 0 bridgehead atoms. The van der Waals surface area contributed by atoms with Crippen LogP contribution in [0.3, 0.4) is 0 Å². The topological polar surface area (TPSA) is 71.4 Å². The molecule has 30 heavy (non-hydrogen) atoms. The van der Waals surface area contributed by atoms with E-state index >= 15 is 0 Å². The van der Waals surface area contributed by atoms with E-state index in [0.717, 1.165) is 45.2 Å². The first-order chi connectivity index (χ1) is 14.7. The van der Waals surface area contributed by atoms with Crippen molar-refractivity contribution >= 4 is 34.0 Å². The third-order valence-corrected chi connectivity index (χ3v) is 5.84. The Balaban J connectivity index is 1.43. The highest BCUT2D eigenvalue weighted by atomic mass is 32.1. The van der Waals surface area contributed by atoms with Crippen molar-refractivity contribution in [3.05, 3.63) is 77.3 Å². The van der Waals surface area contributed by atoms with Gasteiger partial charge in [0, 0.05) is 47.2 Å². The van der Waals surface area contributed by atoms with Gasteiger partial charge in [0.15, 0.2) is 0 Å². The second-order valence-corrected chi connectivity index (χ2v) is 7.82. The lowest BCUT2D eigenvalue weighted by molar-refractivity contribution is 0.762. The van der Waals surface area contributed by atoms with Crippen molar-refractivity contribution in [3.8, 4) is 22.9 Å². The van der Waals surface area contributed by atoms with E-state index in [1.807, 2.05) is 55.2 Å². The number of rotatable bonds is 5. The van der Waals surface area contributed by atoms with Crippen LogP contribution >= 0.6 is 11.3 Å². The lowest BCUT2D eigenvalue weighted by Gasteiger charge is -2.09. The van der Waals surface area contributed by atoms with Crippen molar-refractivity contribution in [2.45, 2.75) is 13.5 Å². The molecular weight excluding hydrogens is 392 g/mol. The molecule has 4 aromatic heterocycles. The maximum Gasteiger partial charge on any atom is 0.229 e. The molecule has 7 heteroatoms. The van der Waals surface area contributed by atoms with E-state index in [-0.39, 0.29) is 0 Å². The number of thiophene rings is 1. The molecule has 0 aliphatic rings. The first kappa shape index (κ1) is 18.2. The molecule has 0 radical (unpaired) electrons. The molecule has 1 aromatic carbocycles. The summed E-state index contributed by atoms with van der Waals surface area (Å²) in [5.41, 5.74) is 4.63. The van der Waals surface area contributed by atoms with Gasteiger partial charge in [-0.15, -0.1) is 17.8 Å². The fraction of sp³-hybridized carbons (Fsp3) is 0.0870. The summed E-state index contributed by atoms with van der Waals surface area (Å²) in [5, 5.41) is 6.25. The van der Waals surface area contributed by atoms with Gasteiger partial charge >= 0.3 is 0 Å². The van der Waals surface area contributed by atoms with Gasteiger partial charge in [-0.25, -0.2) is 9.97 Å². The first-order valence-electron chi connectivity index (χ1n) is 9.44. The number of nitrogens with zero attached hydrogens (tertiary/aromatic N) is 4. The SMILES string of the molecule is C#Cc1csc(-c2nc(Nc3ccc(Cn4ccnc4C)cc3)nc3[nH]ccc23)c1. The Morgan fingerprint density at radius 2 is 2.07 bits per heavy atom. The van der Waals surface area contributed by atoms with Crippen LogP contribution in [0, 0.1) is 19.3 Å². The molecule has 0 spiro atoms. The van der Waals surface area contributed by atoms with Crippen molar-refractivity contribution in [1.29, 1.82) is 0 Å². The number of hydrogen-bond donors (Lipinski definition) is 2. The summed E-state index contributed by atoms with van der Waals surface area (Å²) in [7, 11) is 0. The lowest BCUT2D eigenvalue weighted by Crippen LogP contribution is -2.02. The zero-order chi connectivity index (χ0) is 20.5. The molecule has 0 fully saturated rings. The minimum atomic E-state index is 0.536. The van der Waals surface area contributed by atoms with Crippen molar-refractivity contribution in [2.75, 3.05) is 5.32 Å². The lowest BCUT2D eigenvalue weighted by atomic mass is 10.2. The van der Waals surface area contributed by atoms with Crippen molar-refractivity contribution in [1.82, 2.24) is 24.5 Å².